The van der Waals surface area contributed by atoms with Gasteiger partial charge in [0.25, 0.3) is 5.91 Å². The number of aliphatic hydroxyl groups excluding tert-OH is 1. The Balaban J connectivity index is 2.58. The molecule has 0 aromatic heterocycles. The van der Waals surface area contributed by atoms with Crippen molar-refractivity contribution in [1.82, 2.24) is 10.3 Å². The van der Waals surface area contributed by atoms with Crippen molar-refractivity contribution in [3.8, 4) is 0 Å². The molecule has 1 rings (SSSR count). The molecule has 0 spiro atoms. The minimum absolute atomic E-state index is 0.115. The summed E-state index contributed by atoms with van der Waals surface area (Å²) < 4.78 is 0. The van der Waals surface area contributed by atoms with Gasteiger partial charge in [-0.15, -0.1) is 0 Å². The molecule has 0 radical (unpaired) electrons. The SMILES string of the molecule is CC(C)C(C(=O)NN)N1CCC(C(C)O)CC1. The van der Waals surface area contributed by atoms with Crippen LogP contribution in [0.15, 0.2) is 0 Å². The molecule has 100 valence electrons. The Morgan fingerprint density at radius 1 is 1.35 bits per heavy atom. The second-order valence-electron chi connectivity index (χ2n) is 5.31. The summed E-state index contributed by atoms with van der Waals surface area (Å²) in [6.45, 7) is 7.60. The van der Waals surface area contributed by atoms with E-state index in [4.69, 9.17) is 5.84 Å². The van der Waals surface area contributed by atoms with E-state index in [0.717, 1.165) is 25.9 Å². The second kappa shape index (κ2) is 6.33. The molecule has 5 nitrogen and oxygen atoms in total. The highest BCUT2D eigenvalue weighted by Gasteiger charge is 2.32. The van der Waals surface area contributed by atoms with E-state index in [1.165, 1.54) is 0 Å². The molecule has 1 saturated heterocycles. The Morgan fingerprint density at radius 3 is 2.24 bits per heavy atom. The molecule has 1 aliphatic rings. The quantitative estimate of drug-likeness (QED) is 0.371. The lowest BCUT2D eigenvalue weighted by molar-refractivity contribution is -0.129. The predicted octanol–water partition coefficient (Wildman–Crippen LogP) is 0.0937. The number of rotatable bonds is 4. The van der Waals surface area contributed by atoms with Crippen LogP contribution in [0.25, 0.3) is 0 Å². The topological polar surface area (TPSA) is 78.6 Å². The highest BCUT2D eigenvalue weighted by molar-refractivity contribution is 5.81. The van der Waals surface area contributed by atoms with Crippen LogP contribution in [0.1, 0.15) is 33.6 Å². The Bertz CT molecular complexity index is 248. The first-order valence-electron chi connectivity index (χ1n) is 6.40. The van der Waals surface area contributed by atoms with Crippen LogP contribution < -0.4 is 11.3 Å². The normalized spacial score (nSPS) is 22.5. The average Bonchev–Trinajstić information content (AvgIpc) is 2.29. The van der Waals surface area contributed by atoms with E-state index in [1.54, 1.807) is 0 Å². The fourth-order valence-electron chi connectivity index (χ4n) is 2.66. The Hall–Kier alpha value is -0.650. The van der Waals surface area contributed by atoms with Crippen LogP contribution >= 0.6 is 0 Å². The maximum absolute atomic E-state index is 11.7. The molecule has 4 N–H and O–H groups in total. The van der Waals surface area contributed by atoms with Gasteiger partial charge in [0.2, 0.25) is 0 Å². The van der Waals surface area contributed by atoms with Crippen LogP contribution in [-0.2, 0) is 4.79 Å². The number of amides is 1. The van der Waals surface area contributed by atoms with Crippen molar-refractivity contribution in [2.75, 3.05) is 13.1 Å². The Kier molecular flexibility index (Phi) is 5.36. The van der Waals surface area contributed by atoms with E-state index in [9.17, 15) is 9.90 Å². The maximum atomic E-state index is 11.7. The van der Waals surface area contributed by atoms with Gasteiger partial charge in [-0.3, -0.25) is 15.1 Å². The van der Waals surface area contributed by atoms with Gasteiger partial charge in [0.1, 0.15) is 0 Å². The van der Waals surface area contributed by atoms with Gasteiger partial charge >= 0.3 is 0 Å². The molecule has 0 bridgehead atoms. The highest BCUT2D eigenvalue weighted by Crippen LogP contribution is 2.24. The number of hydrogen-bond acceptors (Lipinski definition) is 4. The average molecular weight is 243 g/mol. The smallest absolute Gasteiger partial charge is 0.251 e. The zero-order valence-corrected chi connectivity index (χ0v) is 11.0. The van der Waals surface area contributed by atoms with Crippen molar-refractivity contribution in [2.45, 2.75) is 45.8 Å². The van der Waals surface area contributed by atoms with Crippen LogP contribution in [0, 0.1) is 11.8 Å². The molecule has 5 heteroatoms. The van der Waals surface area contributed by atoms with E-state index in [1.807, 2.05) is 20.8 Å². The third-order valence-corrected chi connectivity index (χ3v) is 3.69. The lowest BCUT2D eigenvalue weighted by Crippen LogP contribution is -2.54. The van der Waals surface area contributed by atoms with Crippen molar-refractivity contribution < 1.29 is 9.90 Å². The van der Waals surface area contributed by atoms with E-state index in [2.05, 4.69) is 10.3 Å². The number of hydrazine groups is 1. The van der Waals surface area contributed by atoms with Gasteiger partial charge in [-0.1, -0.05) is 13.8 Å². The van der Waals surface area contributed by atoms with E-state index in [-0.39, 0.29) is 24.0 Å². The standard InChI is InChI=1S/C12H25N3O2/c1-8(2)11(12(17)14-13)15-6-4-10(5-7-15)9(3)16/h8-11,16H,4-7,13H2,1-3H3,(H,14,17). The minimum atomic E-state index is -0.252. The van der Waals surface area contributed by atoms with Gasteiger partial charge in [0.15, 0.2) is 0 Å². The van der Waals surface area contributed by atoms with Gasteiger partial charge in [0, 0.05) is 0 Å². The molecule has 2 unspecified atom stereocenters. The van der Waals surface area contributed by atoms with Crippen LogP contribution in [-0.4, -0.2) is 41.1 Å². The van der Waals surface area contributed by atoms with E-state index in [0.29, 0.717) is 5.92 Å². The number of nitrogens with zero attached hydrogens (tertiary/aromatic N) is 1. The lowest BCUT2D eigenvalue weighted by Gasteiger charge is -2.39. The first-order chi connectivity index (χ1) is 7.97. The van der Waals surface area contributed by atoms with Crippen molar-refractivity contribution >= 4 is 5.91 Å². The lowest BCUT2D eigenvalue weighted by atomic mass is 9.90. The summed E-state index contributed by atoms with van der Waals surface area (Å²) in [5.41, 5.74) is 2.25. The number of nitrogens with two attached hydrogens (primary N) is 1. The molecule has 1 heterocycles. The van der Waals surface area contributed by atoms with Crippen LogP contribution in [0.3, 0.4) is 0 Å². The van der Waals surface area contributed by atoms with Gasteiger partial charge in [-0.2, -0.15) is 0 Å². The van der Waals surface area contributed by atoms with Crippen molar-refractivity contribution in [3.63, 3.8) is 0 Å². The number of piperidine rings is 1. The van der Waals surface area contributed by atoms with E-state index < -0.39 is 0 Å². The minimum Gasteiger partial charge on any atom is -0.393 e. The first-order valence-corrected chi connectivity index (χ1v) is 6.40. The molecule has 0 aromatic rings. The zero-order chi connectivity index (χ0) is 13.0. The number of nitrogens with one attached hydrogen (secondary N) is 1. The molecule has 2 atom stereocenters. The zero-order valence-electron chi connectivity index (χ0n) is 11.0. The second-order valence-corrected chi connectivity index (χ2v) is 5.31. The largest absolute Gasteiger partial charge is 0.393 e. The molecule has 0 aromatic carbocycles. The molecule has 1 aliphatic heterocycles. The van der Waals surface area contributed by atoms with Crippen LogP contribution in [0.2, 0.25) is 0 Å². The molecule has 0 saturated carbocycles. The number of carbonyl (C=O) groups is 1. The number of carbonyl (C=O) groups excluding carboxylic acids is 1. The summed E-state index contributed by atoms with van der Waals surface area (Å²) in [5.74, 6) is 5.71. The first kappa shape index (κ1) is 14.4. The highest BCUT2D eigenvalue weighted by atomic mass is 16.3. The fourth-order valence-corrected chi connectivity index (χ4v) is 2.66. The number of hydrogen-bond donors (Lipinski definition) is 3. The third-order valence-electron chi connectivity index (χ3n) is 3.69. The summed E-state index contributed by atoms with van der Waals surface area (Å²) in [7, 11) is 0. The molecule has 1 fully saturated rings. The number of aliphatic hydroxyl groups is 1. The Morgan fingerprint density at radius 2 is 1.88 bits per heavy atom. The summed E-state index contributed by atoms with van der Waals surface area (Å²) in [6.07, 6.45) is 1.63. The van der Waals surface area contributed by atoms with Crippen molar-refractivity contribution in [1.29, 1.82) is 0 Å². The molecule has 17 heavy (non-hydrogen) atoms. The van der Waals surface area contributed by atoms with Crippen molar-refractivity contribution in [2.24, 2.45) is 17.7 Å². The summed E-state index contributed by atoms with van der Waals surface area (Å²) in [5, 5.41) is 9.55. The Labute approximate surface area is 103 Å². The van der Waals surface area contributed by atoms with Gasteiger partial charge < -0.3 is 5.11 Å². The third kappa shape index (κ3) is 3.66. The van der Waals surface area contributed by atoms with Gasteiger partial charge in [-0.05, 0) is 44.7 Å². The maximum Gasteiger partial charge on any atom is 0.251 e. The number of likely N-dealkylation sites (tertiary alicyclic amines) is 1. The molecular weight excluding hydrogens is 218 g/mol. The molecule has 1 amide bonds. The van der Waals surface area contributed by atoms with Crippen LogP contribution in [0.4, 0.5) is 0 Å². The van der Waals surface area contributed by atoms with Crippen LogP contribution in [0.5, 0.6) is 0 Å². The monoisotopic (exact) mass is 243 g/mol. The molecule has 0 aliphatic carbocycles. The summed E-state index contributed by atoms with van der Waals surface area (Å²) in [6, 6.07) is -0.157. The summed E-state index contributed by atoms with van der Waals surface area (Å²) >= 11 is 0. The fraction of sp³-hybridized carbons (Fsp3) is 0.917. The van der Waals surface area contributed by atoms with Gasteiger partial charge in [-0.25, -0.2) is 5.84 Å². The van der Waals surface area contributed by atoms with Gasteiger partial charge in [0.05, 0.1) is 12.1 Å². The van der Waals surface area contributed by atoms with Crippen molar-refractivity contribution in [3.05, 3.63) is 0 Å². The molecular formula is C12H25N3O2. The summed E-state index contributed by atoms with van der Waals surface area (Å²) in [4.78, 5) is 13.9. The predicted molar refractivity (Wildman–Crippen MR) is 66.9 cm³/mol. The van der Waals surface area contributed by atoms with E-state index >= 15 is 0 Å².